The highest BCUT2D eigenvalue weighted by Gasteiger charge is 2.21. The number of amides is 1. The first-order valence-corrected chi connectivity index (χ1v) is 10.1. The van der Waals surface area contributed by atoms with Gasteiger partial charge in [0, 0.05) is 29.5 Å². The molecule has 11 heteroatoms. The van der Waals surface area contributed by atoms with Crippen molar-refractivity contribution in [2.75, 3.05) is 12.4 Å². The molecule has 0 saturated heterocycles. The van der Waals surface area contributed by atoms with Gasteiger partial charge in [0.15, 0.2) is 11.6 Å². The molecule has 2 aromatic rings. The maximum absolute atomic E-state index is 13.9. The molecule has 0 spiro atoms. The lowest BCUT2D eigenvalue weighted by atomic mass is 10.2. The van der Waals surface area contributed by atoms with Crippen molar-refractivity contribution in [3.63, 3.8) is 0 Å². The minimum Gasteiger partial charge on any atom is -0.478 e. The molecule has 1 amide bonds. The summed E-state index contributed by atoms with van der Waals surface area (Å²) in [6, 6.07) is 5.84. The van der Waals surface area contributed by atoms with Gasteiger partial charge in [0.25, 0.3) is 5.91 Å². The average molecular weight is 442 g/mol. The SMILES string of the molecule is CCOC(=S)S(CC)=NC(=O)c1ccc([N+](=O)[O-])c(Oc2ccc(F)cc2F)c1. The third-order valence-corrected chi connectivity index (χ3v) is 5.57. The number of halogens is 2. The second-order valence-corrected chi connectivity index (χ2v) is 7.84. The van der Waals surface area contributed by atoms with Crippen LogP contribution < -0.4 is 4.74 Å². The Kier molecular flexibility index (Phi) is 7.85. The van der Waals surface area contributed by atoms with Gasteiger partial charge in [0.05, 0.1) is 11.5 Å². The number of thiocarbonyl (C=S) groups is 1. The van der Waals surface area contributed by atoms with E-state index in [1.165, 1.54) is 6.07 Å². The minimum atomic E-state index is -1.05. The summed E-state index contributed by atoms with van der Waals surface area (Å²) >= 11 is 5.09. The zero-order valence-corrected chi connectivity index (χ0v) is 17.0. The third kappa shape index (κ3) is 5.84. The molecule has 0 saturated carbocycles. The highest BCUT2D eigenvalue weighted by molar-refractivity contribution is 8.14. The lowest BCUT2D eigenvalue weighted by Crippen LogP contribution is -2.13. The van der Waals surface area contributed by atoms with E-state index in [2.05, 4.69) is 4.36 Å². The van der Waals surface area contributed by atoms with Crippen molar-refractivity contribution in [3.05, 3.63) is 63.7 Å². The van der Waals surface area contributed by atoms with Crippen LogP contribution in [-0.2, 0) is 15.4 Å². The number of carbonyl (C=O) groups excluding carboxylic acids is 1. The number of hydrogen-bond donors (Lipinski definition) is 0. The van der Waals surface area contributed by atoms with Crippen molar-refractivity contribution < 1.29 is 28.0 Å². The zero-order chi connectivity index (χ0) is 21.6. The number of rotatable bonds is 6. The van der Waals surface area contributed by atoms with E-state index >= 15 is 0 Å². The second kappa shape index (κ2) is 10.1. The van der Waals surface area contributed by atoms with Crippen molar-refractivity contribution in [3.8, 4) is 11.5 Å². The van der Waals surface area contributed by atoms with Crippen LogP contribution in [0.2, 0.25) is 0 Å². The molecule has 0 heterocycles. The monoisotopic (exact) mass is 442 g/mol. The standard InChI is InChI=1S/C18H16F2N2O5S2/c1-3-26-18(28)29(4-2)21-17(23)11-5-7-14(22(24)25)16(9-11)27-15-8-6-12(19)10-13(15)20/h5-10H,3-4H2,1-2H3. The Bertz CT molecular complexity index is 998. The summed E-state index contributed by atoms with van der Waals surface area (Å²) in [5, 5.41) is 11.2. The second-order valence-electron chi connectivity index (χ2n) is 5.35. The number of benzene rings is 2. The Hall–Kier alpha value is -2.79. The Morgan fingerprint density at radius 2 is 1.93 bits per heavy atom. The van der Waals surface area contributed by atoms with Gasteiger partial charge in [0.2, 0.25) is 10.1 Å². The van der Waals surface area contributed by atoms with E-state index in [-0.39, 0.29) is 15.7 Å². The predicted molar refractivity (Wildman–Crippen MR) is 108 cm³/mol. The highest BCUT2D eigenvalue weighted by atomic mass is 32.2. The Balaban J connectivity index is 2.42. The average Bonchev–Trinajstić information content (AvgIpc) is 2.67. The normalized spacial score (nSPS) is 11.7. The molecule has 0 N–H and O–H groups in total. The summed E-state index contributed by atoms with van der Waals surface area (Å²) in [4.78, 5) is 23.0. The molecule has 0 radical (unpaired) electrons. The molecule has 0 aliphatic rings. The molecule has 0 aliphatic heterocycles. The lowest BCUT2D eigenvalue weighted by molar-refractivity contribution is -0.385. The first-order valence-electron chi connectivity index (χ1n) is 8.32. The van der Waals surface area contributed by atoms with Crippen LogP contribution in [0.1, 0.15) is 24.2 Å². The Labute approximate surface area is 172 Å². The molecule has 29 heavy (non-hydrogen) atoms. The fourth-order valence-corrected chi connectivity index (χ4v) is 3.70. The Morgan fingerprint density at radius 1 is 1.21 bits per heavy atom. The molecular formula is C18H16F2N2O5S2. The van der Waals surface area contributed by atoms with Crippen LogP contribution in [0, 0.1) is 21.7 Å². The molecule has 1 unspecified atom stereocenters. The van der Waals surface area contributed by atoms with E-state index in [0.29, 0.717) is 18.4 Å². The number of nitro benzene ring substituents is 1. The molecule has 0 bridgehead atoms. The van der Waals surface area contributed by atoms with Crippen molar-refractivity contribution >= 4 is 38.9 Å². The molecular weight excluding hydrogens is 426 g/mol. The van der Waals surface area contributed by atoms with Gasteiger partial charge < -0.3 is 9.47 Å². The van der Waals surface area contributed by atoms with Crippen molar-refractivity contribution in [1.29, 1.82) is 0 Å². The van der Waals surface area contributed by atoms with Crippen molar-refractivity contribution in [2.45, 2.75) is 13.8 Å². The third-order valence-electron chi connectivity index (χ3n) is 3.44. The summed E-state index contributed by atoms with van der Waals surface area (Å²) in [5.74, 6) is -2.93. The molecule has 0 fully saturated rings. The van der Waals surface area contributed by atoms with Gasteiger partial charge in [-0.3, -0.25) is 14.9 Å². The fourth-order valence-electron chi connectivity index (χ4n) is 2.11. The molecule has 7 nitrogen and oxygen atoms in total. The van der Waals surface area contributed by atoms with E-state index < -0.39 is 44.6 Å². The van der Waals surface area contributed by atoms with Gasteiger partial charge in [-0.2, -0.15) is 4.36 Å². The molecule has 2 rings (SSSR count). The number of hydrogen-bond acceptors (Lipinski definition) is 6. The van der Waals surface area contributed by atoms with E-state index in [9.17, 15) is 23.7 Å². The van der Waals surface area contributed by atoms with Gasteiger partial charge in [-0.15, -0.1) is 0 Å². The van der Waals surface area contributed by atoms with Crippen LogP contribution in [0.5, 0.6) is 11.5 Å². The summed E-state index contributed by atoms with van der Waals surface area (Å²) in [5.41, 5.74) is -0.511. The number of nitrogens with zero attached hydrogens (tertiary/aromatic N) is 2. The first kappa shape index (κ1) is 22.5. The smallest absolute Gasteiger partial charge is 0.311 e. The van der Waals surface area contributed by atoms with Crippen LogP contribution in [-0.4, -0.2) is 27.6 Å². The number of carbonyl (C=O) groups is 1. The van der Waals surface area contributed by atoms with Crippen LogP contribution in [0.15, 0.2) is 40.8 Å². The summed E-state index contributed by atoms with van der Waals surface area (Å²) in [7, 11) is -0.963. The molecule has 1 atom stereocenters. The summed E-state index contributed by atoms with van der Waals surface area (Å²) in [6.07, 6.45) is 0. The van der Waals surface area contributed by atoms with Crippen LogP contribution >= 0.6 is 12.2 Å². The summed E-state index contributed by atoms with van der Waals surface area (Å²) < 4.78 is 41.6. The van der Waals surface area contributed by atoms with Crippen LogP contribution in [0.25, 0.3) is 0 Å². The molecule has 0 aromatic heterocycles. The Morgan fingerprint density at radius 3 is 2.52 bits per heavy atom. The lowest BCUT2D eigenvalue weighted by Gasteiger charge is -2.09. The quantitative estimate of drug-likeness (QED) is 0.357. The largest absolute Gasteiger partial charge is 0.478 e. The first-order chi connectivity index (χ1) is 13.8. The maximum Gasteiger partial charge on any atom is 0.311 e. The minimum absolute atomic E-state index is 0.0154. The molecule has 154 valence electrons. The van der Waals surface area contributed by atoms with Crippen LogP contribution in [0.4, 0.5) is 14.5 Å². The maximum atomic E-state index is 13.9. The van der Waals surface area contributed by atoms with E-state index in [4.69, 9.17) is 21.7 Å². The molecule has 0 aliphatic carbocycles. The van der Waals surface area contributed by atoms with E-state index in [1.807, 2.05) is 0 Å². The fraction of sp³-hybridized carbons (Fsp3) is 0.222. The van der Waals surface area contributed by atoms with Crippen molar-refractivity contribution in [2.24, 2.45) is 4.36 Å². The highest BCUT2D eigenvalue weighted by Crippen LogP contribution is 2.33. The van der Waals surface area contributed by atoms with Gasteiger partial charge in [-0.1, -0.05) is 6.92 Å². The predicted octanol–water partition coefficient (Wildman–Crippen LogP) is 4.95. The van der Waals surface area contributed by atoms with Crippen molar-refractivity contribution in [1.82, 2.24) is 0 Å². The molecule has 2 aromatic carbocycles. The van der Waals surface area contributed by atoms with E-state index in [0.717, 1.165) is 24.3 Å². The van der Waals surface area contributed by atoms with Gasteiger partial charge in [0.1, 0.15) is 5.82 Å². The summed E-state index contributed by atoms with van der Waals surface area (Å²) in [6.45, 7) is 3.87. The van der Waals surface area contributed by atoms with E-state index in [1.54, 1.807) is 13.8 Å². The topological polar surface area (TPSA) is 91.0 Å². The van der Waals surface area contributed by atoms with Gasteiger partial charge in [-0.05, 0) is 48.0 Å². The van der Waals surface area contributed by atoms with Crippen LogP contribution in [0.3, 0.4) is 0 Å². The number of ether oxygens (including phenoxy) is 2. The zero-order valence-electron chi connectivity index (χ0n) is 15.4. The van der Waals surface area contributed by atoms with Gasteiger partial charge >= 0.3 is 5.69 Å². The number of nitro groups is 1. The van der Waals surface area contributed by atoms with Gasteiger partial charge in [-0.25, -0.2) is 8.78 Å².